The number of anilines is 1. The van der Waals surface area contributed by atoms with E-state index in [0.717, 1.165) is 0 Å². The van der Waals surface area contributed by atoms with Crippen molar-refractivity contribution in [3.63, 3.8) is 0 Å². The van der Waals surface area contributed by atoms with E-state index in [2.05, 4.69) is 26.0 Å². The first-order chi connectivity index (χ1) is 19.1. The van der Waals surface area contributed by atoms with Crippen LogP contribution < -0.4 is 16.0 Å². The molecule has 0 aliphatic rings. The van der Waals surface area contributed by atoms with Crippen molar-refractivity contribution in [2.45, 2.75) is 39.1 Å². The zero-order chi connectivity index (χ0) is 31.2. The predicted molar refractivity (Wildman–Crippen MR) is 151 cm³/mol. The predicted octanol–water partition coefficient (Wildman–Crippen LogP) is 0.709. The van der Waals surface area contributed by atoms with Crippen LogP contribution in [0.5, 0.6) is 0 Å². The number of azide groups is 1. The number of benzene rings is 1. The molecular formula is C24H42N8O8P+. The average molecular weight is 602 g/mol. The van der Waals surface area contributed by atoms with Crippen LogP contribution in [0.25, 0.3) is 10.4 Å². The number of rotatable bonds is 18. The highest BCUT2D eigenvalue weighted by Gasteiger charge is 2.23. The molecule has 0 saturated heterocycles. The maximum absolute atomic E-state index is 12.7. The highest BCUT2D eigenvalue weighted by Crippen LogP contribution is 2.42. The summed E-state index contributed by atoms with van der Waals surface area (Å²) in [6, 6.07) is 3.04. The Morgan fingerprint density at radius 2 is 1.73 bits per heavy atom. The third kappa shape index (κ3) is 14.9. The minimum absolute atomic E-state index is 0.0683. The molecule has 0 radical (unpaired) electrons. The van der Waals surface area contributed by atoms with Gasteiger partial charge in [-0.25, -0.2) is 4.57 Å². The molecule has 0 aromatic heterocycles. The summed E-state index contributed by atoms with van der Waals surface area (Å²) in [6.07, 6.45) is 0. The van der Waals surface area contributed by atoms with E-state index in [4.69, 9.17) is 14.6 Å². The second-order valence-electron chi connectivity index (χ2n) is 10.4. The number of hydrogen-bond acceptors (Lipinski definition) is 9. The number of likely N-dealkylation sites (N-methyl/N-ethyl adjacent to an activating group) is 2. The van der Waals surface area contributed by atoms with E-state index in [1.54, 1.807) is 25.2 Å². The van der Waals surface area contributed by atoms with Gasteiger partial charge in [0.15, 0.2) is 0 Å². The molecule has 1 unspecified atom stereocenters. The lowest BCUT2D eigenvalue weighted by Crippen LogP contribution is -2.50. The highest BCUT2D eigenvalue weighted by atomic mass is 31.2. The van der Waals surface area contributed by atoms with Crippen molar-refractivity contribution in [1.82, 2.24) is 15.5 Å². The maximum atomic E-state index is 12.7. The van der Waals surface area contributed by atoms with Crippen molar-refractivity contribution in [2.24, 2.45) is 5.11 Å². The summed E-state index contributed by atoms with van der Waals surface area (Å²) in [5, 5.41) is 20.4. The number of phosphoric ester groups is 1. The van der Waals surface area contributed by atoms with Gasteiger partial charge in [0.1, 0.15) is 31.8 Å². The van der Waals surface area contributed by atoms with Crippen molar-refractivity contribution in [3.05, 3.63) is 39.8 Å². The summed E-state index contributed by atoms with van der Waals surface area (Å²) in [5.74, 6) is -1.75. The lowest BCUT2D eigenvalue weighted by Gasteiger charge is -2.24. The van der Waals surface area contributed by atoms with Gasteiger partial charge in [-0.3, -0.25) is 28.3 Å². The Labute approximate surface area is 239 Å². The van der Waals surface area contributed by atoms with E-state index in [9.17, 15) is 28.9 Å². The van der Waals surface area contributed by atoms with E-state index in [-0.39, 0.29) is 26.4 Å². The number of phosphoric acid groups is 1. The first kappa shape index (κ1) is 36.0. The van der Waals surface area contributed by atoms with Crippen LogP contribution in [0.1, 0.15) is 25.0 Å². The molecule has 0 heterocycles. The fourth-order valence-electron chi connectivity index (χ4n) is 3.26. The zero-order valence-corrected chi connectivity index (χ0v) is 25.3. The lowest BCUT2D eigenvalue weighted by atomic mass is 10.1. The smallest absolute Gasteiger partial charge is 0.392 e. The van der Waals surface area contributed by atoms with Gasteiger partial charge >= 0.3 is 7.82 Å². The van der Waals surface area contributed by atoms with Crippen molar-refractivity contribution in [1.29, 1.82) is 0 Å². The molecule has 0 spiro atoms. The van der Waals surface area contributed by atoms with Crippen LogP contribution in [0.3, 0.4) is 0 Å². The topological polar surface area (TPSA) is 215 Å². The first-order valence-corrected chi connectivity index (χ1v) is 14.3. The van der Waals surface area contributed by atoms with Crippen molar-refractivity contribution in [3.8, 4) is 0 Å². The highest BCUT2D eigenvalue weighted by molar-refractivity contribution is 7.47. The summed E-state index contributed by atoms with van der Waals surface area (Å²) in [4.78, 5) is 50.8. The maximum Gasteiger partial charge on any atom is 0.472 e. The van der Waals surface area contributed by atoms with Gasteiger partial charge in [-0.2, -0.15) is 0 Å². The summed E-state index contributed by atoms with van der Waals surface area (Å²) >= 11 is 0. The summed E-state index contributed by atoms with van der Waals surface area (Å²) in [7, 11) is 3.38. The molecule has 0 bridgehead atoms. The Balaban J connectivity index is 2.67. The van der Waals surface area contributed by atoms with E-state index >= 15 is 0 Å². The van der Waals surface area contributed by atoms with Crippen LogP contribution in [0, 0.1) is 0 Å². The zero-order valence-electron chi connectivity index (χ0n) is 24.4. The van der Waals surface area contributed by atoms with Gasteiger partial charge in [0.2, 0.25) is 17.7 Å². The number of hydrogen-bond donors (Lipinski definition) is 5. The standard InChI is InChI=1S/C24H41N8O8P/c1-17(27-22(34)14-26-30-25)23(35)28-18(2)24(36)29-21-8-7-19(16-33)20(13-21)15-31(3)9-11-39-41(37,38)40-12-10-32(4,5)6/h7-8,13,17-18,33H,9-12,14-16H2,1-6H3,(H3-,27,28,29,34,35,36,37,38)/p+1/t17-,18-/m0/s1. The van der Waals surface area contributed by atoms with Crippen molar-refractivity contribution < 1.29 is 42.5 Å². The van der Waals surface area contributed by atoms with Gasteiger partial charge in [0, 0.05) is 23.7 Å². The van der Waals surface area contributed by atoms with Crippen LogP contribution in [-0.2, 0) is 41.1 Å². The third-order valence-corrected chi connectivity index (χ3v) is 6.65. The Bertz CT molecular complexity index is 1140. The van der Waals surface area contributed by atoms with Crippen LogP contribution in [0.15, 0.2) is 23.3 Å². The first-order valence-electron chi connectivity index (χ1n) is 12.8. The molecule has 16 nitrogen and oxygen atoms in total. The van der Waals surface area contributed by atoms with E-state index < -0.39 is 44.2 Å². The normalized spacial score (nSPS) is 14.4. The summed E-state index contributed by atoms with van der Waals surface area (Å²) in [5.41, 5.74) is 10.0. The Morgan fingerprint density at radius 1 is 1.10 bits per heavy atom. The van der Waals surface area contributed by atoms with Gasteiger partial charge in [-0.05, 0) is 49.7 Å². The summed E-state index contributed by atoms with van der Waals surface area (Å²) in [6.45, 7) is 3.36. The fourth-order valence-corrected chi connectivity index (χ4v) is 3.96. The second-order valence-corrected chi connectivity index (χ2v) is 11.9. The molecule has 0 fully saturated rings. The molecule has 230 valence electrons. The Morgan fingerprint density at radius 3 is 2.34 bits per heavy atom. The molecule has 0 aliphatic heterocycles. The second kappa shape index (κ2) is 17.0. The number of carbonyl (C=O) groups is 3. The van der Waals surface area contributed by atoms with E-state index in [1.807, 2.05) is 26.0 Å². The molecule has 1 aromatic rings. The molecule has 1 rings (SSSR count). The Kier molecular flexibility index (Phi) is 14.9. The van der Waals surface area contributed by atoms with Gasteiger partial charge in [-0.15, -0.1) is 0 Å². The van der Waals surface area contributed by atoms with Crippen LogP contribution in [0.2, 0.25) is 0 Å². The van der Waals surface area contributed by atoms with Crippen LogP contribution in [-0.4, -0.2) is 110 Å². The monoisotopic (exact) mass is 601 g/mol. The molecule has 0 saturated carbocycles. The number of carbonyl (C=O) groups excluding carboxylic acids is 3. The largest absolute Gasteiger partial charge is 0.472 e. The van der Waals surface area contributed by atoms with Gasteiger partial charge < -0.3 is 30.4 Å². The van der Waals surface area contributed by atoms with Crippen molar-refractivity contribution >= 4 is 31.2 Å². The number of aliphatic hydroxyl groups is 1. The number of aliphatic hydroxyl groups excluding tert-OH is 1. The fraction of sp³-hybridized carbons (Fsp3) is 0.625. The van der Waals surface area contributed by atoms with Crippen molar-refractivity contribution in [2.75, 3.05) is 66.4 Å². The molecule has 0 aliphatic carbocycles. The number of quaternary nitrogens is 1. The van der Waals surface area contributed by atoms with Crippen LogP contribution >= 0.6 is 7.82 Å². The van der Waals surface area contributed by atoms with Gasteiger partial charge in [-0.1, -0.05) is 11.2 Å². The van der Waals surface area contributed by atoms with Crippen LogP contribution in [0.4, 0.5) is 5.69 Å². The van der Waals surface area contributed by atoms with Gasteiger partial charge in [0.05, 0.1) is 34.4 Å². The minimum Gasteiger partial charge on any atom is -0.392 e. The molecular weight excluding hydrogens is 559 g/mol. The van der Waals surface area contributed by atoms with Gasteiger partial charge in [0.25, 0.3) is 0 Å². The number of amides is 3. The molecule has 1 aromatic carbocycles. The number of nitrogens with zero attached hydrogens (tertiary/aromatic N) is 5. The Hall–Kier alpha value is -3.07. The summed E-state index contributed by atoms with van der Waals surface area (Å²) < 4.78 is 22.7. The molecule has 17 heteroatoms. The quantitative estimate of drug-likeness (QED) is 0.0526. The minimum atomic E-state index is -4.19. The molecule has 3 amide bonds. The van der Waals surface area contributed by atoms with E-state index in [1.165, 1.54) is 13.8 Å². The molecule has 5 N–H and O–H groups in total. The number of nitrogens with one attached hydrogen (secondary N) is 3. The SMILES string of the molecule is C[C@H](NC(=O)CN=[N+]=[N-])C(=O)N[C@@H](C)C(=O)Nc1ccc(CO)c(CN(C)CCOP(=O)(O)OCC[N+](C)(C)C)c1. The average Bonchev–Trinajstić information content (AvgIpc) is 2.86. The molecule has 41 heavy (non-hydrogen) atoms. The molecule has 3 atom stereocenters. The lowest BCUT2D eigenvalue weighted by molar-refractivity contribution is -0.870. The third-order valence-electron chi connectivity index (χ3n) is 5.63. The van der Waals surface area contributed by atoms with E-state index in [0.29, 0.717) is 34.4 Å².